The summed E-state index contributed by atoms with van der Waals surface area (Å²) < 4.78 is 5.06. The number of methoxy groups -OCH3 is 1. The molecule has 0 fully saturated rings. The highest BCUT2D eigenvalue weighted by Gasteiger charge is 2.12. The number of nitrogens with one attached hydrogen (secondary N) is 1. The van der Waals surface area contributed by atoms with E-state index in [0.29, 0.717) is 13.2 Å². The average molecular weight is 222 g/mol. The molecule has 4 nitrogen and oxygen atoms in total. The van der Waals surface area contributed by atoms with Gasteiger partial charge in [-0.05, 0) is 6.07 Å². The monoisotopic (exact) mass is 222 g/mol. The molecule has 1 unspecified atom stereocenters. The second-order valence-corrected chi connectivity index (χ2v) is 3.72. The Morgan fingerprint density at radius 1 is 1.50 bits per heavy atom. The summed E-state index contributed by atoms with van der Waals surface area (Å²) in [6.07, 6.45) is 0. The van der Waals surface area contributed by atoms with E-state index in [4.69, 9.17) is 10.5 Å². The number of para-hydroxylation sites is 1. The van der Waals surface area contributed by atoms with Crippen LogP contribution in [0.5, 0.6) is 0 Å². The Morgan fingerprint density at radius 2 is 2.19 bits per heavy atom. The first kappa shape index (κ1) is 12.7. The summed E-state index contributed by atoms with van der Waals surface area (Å²) in [6.45, 7) is 2.63. The molecule has 0 spiro atoms. The van der Waals surface area contributed by atoms with Crippen molar-refractivity contribution in [2.45, 2.75) is 13.5 Å². The average Bonchev–Trinajstić information content (AvgIpc) is 2.31. The van der Waals surface area contributed by atoms with Crippen LogP contribution in [-0.2, 0) is 16.1 Å². The molecule has 0 aliphatic carbocycles. The Labute approximate surface area is 95.8 Å². The number of rotatable bonds is 5. The molecule has 1 aromatic rings. The van der Waals surface area contributed by atoms with E-state index in [1.54, 1.807) is 14.0 Å². The standard InChI is InChI=1S/C12H18N2O2/c1-9(7-13)12(15)14-11-6-4-3-5-10(11)8-16-2/h3-6,9H,7-8,13H2,1-2H3,(H,14,15). The molecule has 4 heteroatoms. The SMILES string of the molecule is COCc1ccccc1NC(=O)C(C)CN. The molecule has 0 heterocycles. The summed E-state index contributed by atoms with van der Waals surface area (Å²) in [7, 11) is 1.63. The van der Waals surface area contributed by atoms with Crippen molar-refractivity contribution in [2.24, 2.45) is 11.7 Å². The zero-order valence-electron chi connectivity index (χ0n) is 9.69. The van der Waals surface area contributed by atoms with Gasteiger partial charge in [-0.25, -0.2) is 0 Å². The van der Waals surface area contributed by atoms with Crippen molar-refractivity contribution in [3.63, 3.8) is 0 Å². The number of anilines is 1. The molecule has 1 aromatic carbocycles. The molecule has 0 saturated carbocycles. The lowest BCUT2D eigenvalue weighted by Gasteiger charge is -2.13. The molecule has 1 rings (SSSR count). The topological polar surface area (TPSA) is 64.3 Å². The van der Waals surface area contributed by atoms with Crippen molar-refractivity contribution in [3.8, 4) is 0 Å². The summed E-state index contributed by atoms with van der Waals surface area (Å²) in [6, 6.07) is 7.57. The van der Waals surface area contributed by atoms with Crippen molar-refractivity contribution in [3.05, 3.63) is 29.8 Å². The van der Waals surface area contributed by atoms with Gasteiger partial charge in [0.1, 0.15) is 0 Å². The summed E-state index contributed by atoms with van der Waals surface area (Å²) in [4.78, 5) is 11.7. The molecule has 0 bridgehead atoms. The zero-order chi connectivity index (χ0) is 12.0. The largest absolute Gasteiger partial charge is 0.380 e. The minimum Gasteiger partial charge on any atom is -0.380 e. The fraction of sp³-hybridized carbons (Fsp3) is 0.417. The number of nitrogens with two attached hydrogens (primary N) is 1. The smallest absolute Gasteiger partial charge is 0.228 e. The van der Waals surface area contributed by atoms with E-state index < -0.39 is 0 Å². The van der Waals surface area contributed by atoms with Crippen molar-refractivity contribution >= 4 is 11.6 Å². The van der Waals surface area contributed by atoms with Crippen molar-refractivity contribution < 1.29 is 9.53 Å². The molecule has 0 aliphatic rings. The summed E-state index contributed by atoms with van der Waals surface area (Å²) >= 11 is 0. The van der Waals surface area contributed by atoms with Gasteiger partial charge in [-0.3, -0.25) is 4.79 Å². The van der Waals surface area contributed by atoms with E-state index in [9.17, 15) is 4.79 Å². The van der Waals surface area contributed by atoms with Crippen LogP contribution in [0, 0.1) is 5.92 Å². The number of carbonyl (C=O) groups excluding carboxylic acids is 1. The van der Waals surface area contributed by atoms with E-state index >= 15 is 0 Å². The van der Waals surface area contributed by atoms with Crippen LogP contribution in [0.4, 0.5) is 5.69 Å². The van der Waals surface area contributed by atoms with Crippen LogP contribution in [0.2, 0.25) is 0 Å². The highest BCUT2D eigenvalue weighted by atomic mass is 16.5. The predicted octanol–water partition coefficient (Wildman–Crippen LogP) is 1.37. The van der Waals surface area contributed by atoms with E-state index in [-0.39, 0.29) is 11.8 Å². The molecule has 0 aromatic heterocycles. The first-order chi connectivity index (χ1) is 7.69. The Morgan fingerprint density at radius 3 is 2.81 bits per heavy atom. The molecular weight excluding hydrogens is 204 g/mol. The van der Waals surface area contributed by atoms with Crippen molar-refractivity contribution in [2.75, 3.05) is 19.0 Å². The quantitative estimate of drug-likeness (QED) is 0.790. The van der Waals surface area contributed by atoms with Crippen LogP contribution < -0.4 is 11.1 Å². The molecule has 0 aliphatic heterocycles. The maximum Gasteiger partial charge on any atom is 0.228 e. The molecular formula is C12H18N2O2. The fourth-order valence-corrected chi connectivity index (χ4v) is 1.29. The van der Waals surface area contributed by atoms with Gasteiger partial charge in [-0.15, -0.1) is 0 Å². The summed E-state index contributed by atoms with van der Waals surface area (Å²) in [5, 5.41) is 2.85. The molecule has 3 N–H and O–H groups in total. The zero-order valence-corrected chi connectivity index (χ0v) is 9.69. The first-order valence-corrected chi connectivity index (χ1v) is 5.26. The Bertz CT molecular complexity index is 353. The van der Waals surface area contributed by atoms with Crippen LogP contribution in [0.25, 0.3) is 0 Å². The fourth-order valence-electron chi connectivity index (χ4n) is 1.29. The number of benzene rings is 1. The Kier molecular flexibility index (Phi) is 4.95. The van der Waals surface area contributed by atoms with Crippen molar-refractivity contribution in [1.29, 1.82) is 0 Å². The number of carbonyl (C=O) groups is 1. The van der Waals surface area contributed by atoms with Crippen LogP contribution >= 0.6 is 0 Å². The molecule has 1 atom stereocenters. The van der Waals surface area contributed by atoms with Gasteiger partial charge in [0, 0.05) is 30.8 Å². The maximum atomic E-state index is 11.7. The lowest BCUT2D eigenvalue weighted by molar-refractivity contribution is -0.119. The molecule has 88 valence electrons. The third-order valence-electron chi connectivity index (χ3n) is 2.38. The number of hydrogen-bond acceptors (Lipinski definition) is 3. The number of amides is 1. The minimum absolute atomic E-state index is 0.0638. The summed E-state index contributed by atoms with van der Waals surface area (Å²) in [5.41, 5.74) is 7.19. The second-order valence-electron chi connectivity index (χ2n) is 3.72. The van der Waals surface area contributed by atoms with Crippen LogP contribution in [0.15, 0.2) is 24.3 Å². The number of ether oxygens (including phenoxy) is 1. The third kappa shape index (κ3) is 3.32. The molecule has 16 heavy (non-hydrogen) atoms. The highest BCUT2D eigenvalue weighted by molar-refractivity contribution is 5.93. The van der Waals surface area contributed by atoms with Gasteiger partial charge in [0.15, 0.2) is 0 Å². The van der Waals surface area contributed by atoms with Crippen LogP contribution in [-0.4, -0.2) is 19.6 Å². The van der Waals surface area contributed by atoms with Gasteiger partial charge in [0.2, 0.25) is 5.91 Å². The van der Waals surface area contributed by atoms with Gasteiger partial charge in [0.05, 0.1) is 6.61 Å². The lowest BCUT2D eigenvalue weighted by atomic mass is 10.1. The Hall–Kier alpha value is -1.39. The predicted molar refractivity (Wildman–Crippen MR) is 64.0 cm³/mol. The summed E-state index contributed by atoms with van der Waals surface area (Å²) in [5.74, 6) is -0.248. The van der Waals surface area contributed by atoms with Gasteiger partial charge in [0.25, 0.3) is 0 Å². The first-order valence-electron chi connectivity index (χ1n) is 5.26. The second kappa shape index (κ2) is 6.25. The third-order valence-corrected chi connectivity index (χ3v) is 2.38. The molecule has 0 radical (unpaired) electrons. The Balaban J connectivity index is 2.76. The molecule has 0 saturated heterocycles. The van der Waals surface area contributed by atoms with Crippen molar-refractivity contribution in [1.82, 2.24) is 0 Å². The minimum atomic E-state index is -0.185. The van der Waals surface area contributed by atoms with E-state index in [1.165, 1.54) is 0 Å². The van der Waals surface area contributed by atoms with Gasteiger partial charge < -0.3 is 15.8 Å². The number of hydrogen-bond donors (Lipinski definition) is 2. The van der Waals surface area contributed by atoms with E-state index in [2.05, 4.69) is 5.32 Å². The molecule has 1 amide bonds. The van der Waals surface area contributed by atoms with Crippen LogP contribution in [0.3, 0.4) is 0 Å². The lowest BCUT2D eigenvalue weighted by Crippen LogP contribution is -2.27. The van der Waals surface area contributed by atoms with Crippen LogP contribution in [0.1, 0.15) is 12.5 Å². The maximum absolute atomic E-state index is 11.7. The van der Waals surface area contributed by atoms with E-state index in [1.807, 2.05) is 24.3 Å². The van der Waals surface area contributed by atoms with E-state index in [0.717, 1.165) is 11.3 Å². The van der Waals surface area contributed by atoms with Gasteiger partial charge >= 0.3 is 0 Å². The van der Waals surface area contributed by atoms with Gasteiger partial charge in [-0.1, -0.05) is 25.1 Å². The highest BCUT2D eigenvalue weighted by Crippen LogP contribution is 2.16. The van der Waals surface area contributed by atoms with Gasteiger partial charge in [-0.2, -0.15) is 0 Å². The normalized spacial score (nSPS) is 12.2.